The topological polar surface area (TPSA) is 27.1 Å². The molecule has 0 saturated heterocycles. The summed E-state index contributed by atoms with van der Waals surface area (Å²) in [5.74, 6) is 1.48. The van der Waals surface area contributed by atoms with Crippen LogP contribution in [0.3, 0.4) is 0 Å². The number of benzene rings is 1. The molecule has 0 fully saturated rings. The lowest BCUT2D eigenvalue weighted by Crippen LogP contribution is -2.12. The highest BCUT2D eigenvalue weighted by Gasteiger charge is 2.14. The van der Waals surface area contributed by atoms with Crippen LogP contribution in [0, 0.1) is 12.8 Å². The monoisotopic (exact) mass is 294 g/mol. The second-order valence-corrected chi connectivity index (χ2v) is 6.35. The molecular formula is C16H23ClN2O. The third kappa shape index (κ3) is 3.53. The minimum atomic E-state index is -0.104. The van der Waals surface area contributed by atoms with E-state index in [9.17, 15) is 0 Å². The van der Waals surface area contributed by atoms with E-state index < -0.39 is 0 Å². The van der Waals surface area contributed by atoms with Gasteiger partial charge in [0.2, 0.25) is 0 Å². The van der Waals surface area contributed by atoms with Crippen LogP contribution < -0.4 is 0 Å². The zero-order valence-electron chi connectivity index (χ0n) is 12.7. The molecule has 1 aromatic heterocycles. The van der Waals surface area contributed by atoms with E-state index in [1.165, 1.54) is 5.56 Å². The Hall–Kier alpha value is -1.06. The van der Waals surface area contributed by atoms with Gasteiger partial charge in [-0.1, -0.05) is 19.9 Å². The number of rotatable bonds is 6. The van der Waals surface area contributed by atoms with E-state index in [4.69, 9.17) is 16.3 Å². The molecule has 1 heterocycles. The van der Waals surface area contributed by atoms with Crippen molar-refractivity contribution in [3.63, 3.8) is 0 Å². The zero-order valence-corrected chi connectivity index (χ0v) is 13.4. The first-order valence-electron chi connectivity index (χ1n) is 7.17. The molecule has 2 aromatic rings. The highest BCUT2D eigenvalue weighted by molar-refractivity contribution is 6.20. The number of imidazole rings is 1. The van der Waals surface area contributed by atoms with Gasteiger partial charge >= 0.3 is 0 Å². The molecule has 0 aliphatic carbocycles. The first-order chi connectivity index (χ1) is 9.49. The van der Waals surface area contributed by atoms with Crippen LogP contribution in [-0.4, -0.2) is 22.8 Å². The van der Waals surface area contributed by atoms with Crippen molar-refractivity contribution in [2.24, 2.45) is 5.92 Å². The average Bonchev–Trinajstić information content (AvgIpc) is 2.72. The molecule has 0 amide bonds. The Labute approximate surface area is 125 Å². The molecule has 0 spiro atoms. The van der Waals surface area contributed by atoms with Gasteiger partial charge in [0.15, 0.2) is 0 Å². The number of alkyl halides is 1. The lowest BCUT2D eigenvalue weighted by Gasteiger charge is -2.12. The van der Waals surface area contributed by atoms with Crippen LogP contribution in [0.4, 0.5) is 0 Å². The van der Waals surface area contributed by atoms with Crippen LogP contribution in [0.15, 0.2) is 18.2 Å². The van der Waals surface area contributed by atoms with E-state index in [1.54, 1.807) is 0 Å². The molecule has 0 bridgehead atoms. The number of hydrogen-bond donors (Lipinski definition) is 0. The van der Waals surface area contributed by atoms with E-state index >= 15 is 0 Å². The van der Waals surface area contributed by atoms with E-state index in [-0.39, 0.29) is 5.38 Å². The molecule has 3 nitrogen and oxygen atoms in total. The van der Waals surface area contributed by atoms with Gasteiger partial charge in [-0.05, 0) is 37.5 Å². The first kappa shape index (κ1) is 15.3. The van der Waals surface area contributed by atoms with Gasteiger partial charge in [-0.3, -0.25) is 0 Å². The highest BCUT2D eigenvalue weighted by Crippen LogP contribution is 2.25. The Morgan fingerprint density at radius 3 is 2.70 bits per heavy atom. The maximum absolute atomic E-state index is 6.26. The van der Waals surface area contributed by atoms with Crippen LogP contribution in [-0.2, 0) is 11.3 Å². The molecule has 20 heavy (non-hydrogen) atoms. The van der Waals surface area contributed by atoms with E-state index in [2.05, 4.69) is 48.5 Å². The molecule has 110 valence electrons. The third-order valence-electron chi connectivity index (χ3n) is 3.20. The van der Waals surface area contributed by atoms with Crippen LogP contribution in [0.25, 0.3) is 11.0 Å². The fraction of sp³-hybridized carbons (Fsp3) is 0.562. The average molecular weight is 295 g/mol. The normalized spacial score (nSPS) is 13.3. The number of hydrogen-bond acceptors (Lipinski definition) is 2. The summed E-state index contributed by atoms with van der Waals surface area (Å²) in [7, 11) is 0. The standard InChI is InChI=1S/C16H23ClN2O/c1-11(2)10-20-8-7-19-15-6-5-12(3)9-14(15)18-16(19)13(4)17/h5-6,9,11,13H,7-8,10H2,1-4H3. The highest BCUT2D eigenvalue weighted by atomic mass is 35.5. The molecule has 1 unspecified atom stereocenters. The fourth-order valence-electron chi connectivity index (χ4n) is 2.27. The summed E-state index contributed by atoms with van der Waals surface area (Å²) < 4.78 is 7.86. The minimum Gasteiger partial charge on any atom is -0.379 e. The SMILES string of the molecule is Cc1ccc2c(c1)nc(C(C)Cl)n2CCOCC(C)C. The minimum absolute atomic E-state index is 0.104. The number of fused-ring (bicyclic) bond motifs is 1. The Kier molecular flexibility index (Phi) is 5.06. The molecule has 0 saturated carbocycles. The van der Waals surface area contributed by atoms with Crippen molar-refractivity contribution in [2.45, 2.75) is 39.6 Å². The summed E-state index contributed by atoms with van der Waals surface area (Å²) in [5.41, 5.74) is 3.36. The molecule has 0 aliphatic heterocycles. The first-order valence-corrected chi connectivity index (χ1v) is 7.61. The van der Waals surface area contributed by atoms with Crippen LogP contribution >= 0.6 is 11.6 Å². The van der Waals surface area contributed by atoms with Gasteiger partial charge in [-0.15, -0.1) is 11.6 Å². The summed E-state index contributed by atoms with van der Waals surface area (Å²) in [6.45, 7) is 10.6. The smallest absolute Gasteiger partial charge is 0.127 e. The second kappa shape index (κ2) is 6.59. The summed E-state index contributed by atoms with van der Waals surface area (Å²) >= 11 is 6.26. The predicted octanol–water partition coefficient (Wildman–Crippen LogP) is 4.32. The maximum atomic E-state index is 6.26. The van der Waals surface area contributed by atoms with Gasteiger partial charge in [-0.2, -0.15) is 0 Å². The van der Waals surface area contributed by atoms with Gasteiger partial charge in [0, 0.05) is 13.2 Å². The fourth-order valence-corrected chi connectivity index (χ4v) is 2.44. The maximum Gasteiger partial charge on any atom is 0.127 e. The lowest BCUT2D eigenvalue weighted by molar-refractivity contribution is 0.103. The van der Waals surface area contributed by atoms with Gasteiger partial charge in [0.1, 0.15) is 5.82 Å². The predicted molar refractivity (Wildman–Crippen MR) is 84.4 cm³/mol. The van der Waals surface area contributed by atoms with Gasteiger partial charge in [0.05, 0.1) is 23.0 Å². The van der Waals surface area contributed by atoms with Crippen molar-refractivity contribution in [3.05, 3.63) is 29.6 Å². The Morgan fingerprint density at radius 1 is 1.30 bits per heavy atom. The Balaban J connectivity index is 2.22. The van der Waals surface area contributed by atoms with Crippen molar-refractivity contribution in [1.82, 2.24) is 9.55 Å². The molecular weight excluding hydrogens is 272 g/mol. The molecule has 0 N–H and O–H groups in total. The summed E-state index contributed by atoms with van der Waals surface area (Å²) in [6.07, 6.45) is 0. The van der Waals surface area contributed by atoms with Gasteiger partial charge < -0.3 is 9.30 Å². The van der Waals surface area contributed by atoms with Crippen molar-refractivity contribution >= 4 is 22.6 Å². The van der Waals surface area contributed by atoms with E-state index in [0.717, 1.165) is 30.0 Å². The molecule has 2 rings (SSSR count). The Morgan fingerprint density at radius 2 is 2.05 bits per heavy atom. The van der Waals surface area contributed by atoms with Crippen LogP contribution in [0.5, 0.6) is 0 Å². The quantitative estimate of drug-likeness (QED) is 0.586. The lowest BCUT2D eigenvalue weighted by atomic mass is 10.2. The van der Waals surface area contributed by atoms with Crippen molar-refractivity contribution in [2.75, 3.05) is 13.2 Å². The van der Waals surface area contributed by atoms with E-state index in [0.29, 0.717) is 12.5 Å². The van der Waals surface area contributed by atoms with Crippen LogP contribution in [0.1, 0.15) is 37.5 Å². The van der Waals surface area contributed by atoms with E-state index in [1.807, 2.05) is 6.92 Å². The summed E-state index contributed by atoms with van der Waals surface area (Å²) in [5, 5.41) is -0.104. The van der Waals surface area contributed by atoms with Gasteiger partial charge in [-0.25, -0.2) is 4.98 Å². The van der Waals surface area contributed by atoms with Crippen molar-refractivity contribution in [1.29, 1.82) is 0 Å². The molecule has 4 heteroatoms. The molecule has 0 aliphatic rings. The third-order valence-corrected chi connectivity index (χ3v) is 3.39. The number of ether oxygens (including phenoxy) is 1. The zero-order chi connectivity index (χ0) is 14.7. The Bertz CT molecular complexity index is 575. The van der Waals surface area contributed by atoms with Crippen molar-refractivity contribution < 1.29 is 4.74 Å². The van der Waals surface area contributed by atoms with Crippen LogP contribution in [0.2, 0.25) is 0 Å². The summed E-state index contributed by atoms with van der Waals surface area (Å²) in [6, 6.07) is 6.32. The largest absolute Gasteiger partial charge is 0.379 e. The summed E-state index contributed by atoms with van der Waals surface area (Å²) in [4.78, 5) is 4.66. The number of nitrogens with zero attached hydrogens (tertiary/aromatic N) is 2. The number of aromatic nitrogens is 2. The molecule has 0 radical (unpaired) electrons. The number of halogens is 1. The second-order valence-electron chi connectivity index (χ2n) is 5.70. The van der Waals surface area contributed by atoms with Crippen molar-refractivity contribution in [3.8, 4) is 0 Å². The molecule has 1 atom stereocenters. The van der Waals surface area contributed by atoms with Gasteiger partial charge in [0.25, 0.3) is 0 Å². The molecule has 1 aromatic carbocycles. The number of aryl methyl sites for hydroxylation is 1.